The Bertz CT molecular complexity index is 688. The molecule has 0 atom stereocenters. The number of rotatable bonds is 5. The van der Waals surface area contributed by atoms with Gasteiger partial charge in [-0.25, -0.2) is 4.79 Å². The highest BCUT2D eigenvalue weighted by molar-refractivity contribution is 5.95. The summed E-state index contributed by atoms with van der Waals surface area (Å²) in [6.45, 7) is -0.119. The lowest BCUT2D eigenvalue weighted by Crippen LogP contribution is -2.21. The predicted molar refractivity (Wildman–Crippen MR) is 75.0 cm³/mol. The van der Waals surface area contributed by atoms with E-state index < -0.39 is 11.9 Å². The molecule has 0 aliphatic heterocycles. The van der Waals surface area contributed by atoms with E-state index in [0.29, 0.717) is 11.3 Å². The topological polar surface area (TPSA) is 114 Å². The smallest absolute Gasteiger partial charge is 0.352 e. The van der Waals surface area contributed by atoms with Crippen molar-refractivity contribution in [2.75, 3.05) is 5.32 Å². The van der Waals surface area contributed by atoms with Crippen LogP contribution in [0.5, 0.6) is 0 Å². The summed E-state index contributed by atoms with van der Waals surface area (Å²) in [6.07, 6.45) is 1.51. The van der Waals surface area contributed by atoms with Crippen molar-refractivity contribution in [3.8, 4) is 0 Å². The Hall–Kier alpha value is -3.09. The van der Waals surface area contributed by atoms with Gasteiger partial charge in [-0.3, -0.25) is 9.59 Å². The van der Waals surface area contributed by atoms with E-state index in [1.165, 1.54) is 29.0 Å². The summed E-state index contributed by atoms with van der Waals surface area (Å²) in [5.41, 5.74) is 5.99. The van der Waals surface area contributed by atoms with Crippen LogP contribution >= 0.6 is 0 Å². The molecule has 2 amide bonds. The molecule has 1 aromatic heterocycles. The number of carbonyl (C=O) groups excluding carboxylic acids is 2. The van der Waals surface area contributed by atoms with Gasteiger partial charge in [0.1, 0.15) is 12.2 Å². The van der Waals surface area contributed by atoms with E-state index in [-0.39, 0.29) is 18.1 Å². The second-order valence-electron chi connectivity index (χ2n) is 4.32. The van der Waals surface area contributed by atoms with Gasteiger partial charge in [-0.1, -0.05) is 0 Å². The standard InChI is InChI=1S/C14H13N3O4/c15-13(19)9-3-5-10(6-4-9)16-12(18)8-17-7-1-2-11(17)14(20)21/h1-7H,8H2,(H2,15,19)(H,16,18)(H,20,21). The Labute approximate surface area is 120 Å². The van der Waals surface area contributed by atoms with Crippen LogP contribution in [0.2, 0.25) is 0 Å². The number of benzene rings is 1. The summed E-state index contributed by atoms with van der Waals surface area (Å²) in [7, 11) is 0. The Morgan fingerprint density at radius 2 is 1.81 bits per heavy atom. The predicted octanol–water partition coefficient (Wildman–Crippen LogP) is 0.924. The SMILES string of the molecule is NC(=O)c1ccc(NC(=O)Cn2cccc2C(=O)O)cc1. The number of hydrogen-bond donors (Lipinski definition) is 3. The van der Waals surface area contributed by atoms with Crippen LogP contribution in [0.25, 0.3) is 0 Å². The molecule has 0 aliphatic carbocycles. The van der Waals surface area contributed by atoms with Gasteiger partial charge in [0.25, 0.3) is 0 Å². The van der Waals surface area contributed by atoms with E-state index >= 15 is 0 Å². The minimum absolute atomic E-state index is 0.0363. The van der Waals surface area contributed by atoms with E-state index in [4.69, 9.17) is 10.8 Å². The van der Waals surface area contributed by atoms with Gasteiger partial charge in [0.05, 0.1) is 0 Å². The first kappa shape index (κ1) is 14.3. The molecule has 7 nitrogen and oxygen atoms in total. The molecular formula is C14H13N3O4. The number of carboxylic acids is 1. The number of amides is 2. The van der Waals surface area contributed by atoms with Crippen molar-refractivity contribution in [2.24, 2.45) is 5.73 Å². The fraction of sp³-hybridized carbons (Fsp3) is 0.0714. The number of carboxylic acid groups (broad SMARTS) is 1. The molecule has 0 spiro atoms. The molecule has 108 valence electrons. The minimum Gasteiger partial charge on any atom is -0.477 e. The first-order valence-corrected chi connectivity index (χ1v) is 6.05. The second-order valence-corrected chi connectivity index (χ2v) is 4.32. The quantitative estimate of drug-likeness (QED) is 0.758. The van der Waals surface area contributed by atoms with Crippen molar-refractivity contribution in [3.05, 3.63) is 53.9 Å². The van der Waals surface area contributed by atoms with Crippen molar-refractivity contribution in [1.82, 2.24) is 4.57 Å². The molecule has 0 bridgehead atoms. The van der Waals surface area contributed by atoms with Gasteiger partial charge in [-0.05, 0) is 36.4 Å². The molecule has 4 N–H and O–H groups in total. The number of carbonyl (C=O) groups is 3. The molecule has 2 aromatic rings. The average molecular weight is 287 g/mol. The number of aromatic carboxylic acids is 1. The maximum atomic E-state index is 11.9. The third-order valence-electron chi connectivity index (χ3n) is 2.82. The number of anilines is 1. The molecule has 2 rings (SSSR count). The van der Waals surface area contributed by atoms with Crippen molar-refractivity contribution in [2.45, 2.75) is 6.54 Å². The Balaban J connectivity index is 2.03. The van der Waals surface area contributed by atoms with Gasteiger partial charge in [0.2, 0.25) is 11.8 Å². The highest BCUT2D eigenvalue weighted by atomic mass is 16.4. The normalized spacial score (nSPS) is 10.1. The van der Waals surface area contributed by atoms with E-state index in [9.17, 15) is 14.4 Å². The summed E-state index contributed by atoms with van der Waals surface area (Å²) in [6, 6.07) is 9.06. The first-order chi connectivity index (χ1) is 9.97. The van der Waals surface area contributed by atoms with Gasteiger partial charge in [0, 0.05) is 17.4 Å². The molecule has 0 saturated carbocycles. The van der Waals surface area contributed by atoms with Crippen LogP contribution in [0.3, 0.4) is 0 Å². The van der Waals surface area contributed by atoms with E-state index in [2.05, 4.69) is 5.32 Å². The molecule has 1 aromatic carbocycles. The molecule has 0 unspecified atom stereocenters. The third-order valence-corrected chi connectivity index (χ3v) is 2.82. The number of nitrogens with two attached hydrogens (primary N) is 1. The number of hydrogen-bond acceptors (Lipinski definition) is 3. The molecule has 0 fully saturated rings. The number of aromatic nitrogens is 1. The number of primary amides is 1. The maximum absolute atomic E-state index is 11.9. The van der Waals surface area contributed by atoms with Crippen LogP contribution in [-0.4, -0.2) is 27.5 Å². The van der Waals surface area contributed by atoms with Crippen LogP contribution in [0.4, 0.5) is 5.69 Å². The molecule has 7 heteroatoms. The molecule has 21 heavy (non-hydrogen) atoms. The van der Waals surface area contributed by atoms with Crippen molar-refractivity contribution in [3.63, 3.8) is 0 Å². The van der Waals surface area contributed by atoms with E-state index in [1.54, 1.807) is 18.2 Å². The van der Waals surface area contributed by atoms with Crippen LogP contribution in [0.1, 0.15) is 20.8 Å². The summed E-state index contributed by atoms with van der Waals surface area (Å²) in [5.74, 6) is -2.02. The minimum atomic E-state index is -1.10. The van der Waals surface area contributed by atoms with Gasteiger partial charge >= 0.3 is 5.97 Å². The zero-order chi connectivity index (χ0) is 15.4. The lowest BCUT2D eigenvalue weighted by atomic mass is 10.2. The van der Waals surface area contributed by atoms with Crippen LogP contribution in [0, 0.1) is 0 Å². The van der Waals surface area contributed by atoms with Crippen LogP contribution in [0.15, 0.2) is 42.6 Å². The summed E-state index contributed by atoms with van der Waals surface area (Å²) in [4.78, 5) is 33.7. The Morgan fingerprint density at radius 1 is 1.14 bits per heavy atom. The van der Waals surface area contributed by atoms with Crippen molar-refractivity contribution in [1.29, 1.82) is 0 Å². The second kappa shape index (κ2) is 5.91. The van der Waals surface area contributed by atoms with Crippen molar-refractivity contribution >= 4 is 23.5 Å². The fourth-order valence-electron chi connectivity index (χ4n) is 1.82. The van der Waals surface area contributed by atoms with Crippen LogP contribution in [-0.2, 0) is 11.3 Å². The summed E-state index contributed by atoms with van der Waals surface area (Å²) in [5, 5.41) is 11.6. The zero-order valence-electron chi connectivity index (χ0n) is 10.9. The van der Waals surface area contributed by atoms with E-state index in [0.717, 1.165) is 0 Å². The number of nitrogens with zero attached hydrogens (tertiary/aromatic N) is 1. The lowest BCUT2D eigenvalue weighted by molar-refractivity contribution is -0.116. The first-order valence-electron chi connectivity index (χ1n) is 6.05. The molecule has 0 aliphatic rings. The molecule has 0 saturated heterocycles. The van der Waals surface area contributed by atoms with Gasteiger partial charge in [-0.15, -0.1) is 0 Å². The molecule has 0 radical (unpaired) electrons. The highest BCUT2D eigenvalue weighted by Gasteiger charge is 2.11. The monoisotopic (exact) mass is 287 g/mol. The average Bonchev–Trinajstić information content (AvgIpc) is 2.87. The maximum Gasteiger partial charge on any atom is 0.352 e. The van der Waals surface area contributed by atoms with E-state index in [1.807, 2.05) is 0 Å². The summed E-state index contributed by atoms with van der Waals surface area (Å²) >= 11 is 0. The zero-order valence-corrected chi connectivity index (χ0v) is 10.9. The summed E-state index contributed by atoms with van der Waals surface area (Å²) < 4.78 is 1.33. The van der Waals surface area contributed by atoms with Crippen molar-refractivity contribution < 1.29 is 19.5 Å². The van der Waals surface area contributed by atoms with Gasteiger partial charge < -0.3 is 20.7 Å². The highest BCUT2D eigenvalue weighted by Crippen LogP contribution is 2.10. The van der Waals surface area contributed by atoms with Crippen LogP contribution < -0.4 is 11.1 Å². The Morgan fingerprint density at radius 3 is 2.38 bits per heavy atom. The lowest BCUT2D eigenvalue weighted by Gasteiger charge is -2.08. The number of nitrogens with one attached hydrogen (secondary N) is 1. The molecular weight excluding hydrogens is 274 g/mol. The largest absolute Gasteiger partial charge is 0.477 e. The Kier molecular flexibility index (Phi) is 4.03. The van der Waals surface area contributed by atoms with Gasteiger partial charge in [0.15, 0.2) is 0 Å². The third kappa shape index (κ3) is 3.47. The van der Waals surface area contributed by atoms with Gasteiger partial charge in [-0.2, -0.15) is 0 Å². The fourth-order valence-corrected chi connectivity index (χ4v) is 1.82. The molecule has 1 heterocycles.